The van der Waals surface area contributed by atoms with E-state index in [1.165, 1.54) is 0 Å². The molecule has 2 N–H and O–H groups in total. The molecule has 3 rings (SSSR count). The SMILES string of the molecule is O=C1C[C@@H]2[C@@H](C=C[C@@H](O)C=Cc3ccccc3)[C@H](O)C[C@@H]2O1. The number of rotatable bonds is 4. The molecular weight excluding hydrogens is 280 g/mol. The number of hydrogen-bond donors (Lipinski definition) is 2. The summed E-state index contributed by atoms with van der Waals surface area (Å²) in [4.78, 5) is 11.3. The van der Waals surface area contributed by atoms with Gasteiger partial charge in [-0.15, -0.1) is 0 Å². The van der Waals surface area contributed by atoms with Crippen molar-refractivity contribution in [1.29, 1.82) is 0 Å². The predicted molar refractivity (Wildman–Crippen MR) is 82.7 cm³/mol. The largest absolute Gasteiger partial charge is 0.462 e. The second-order valence-electron chi connectivity index (χ2n) is 5.92. The fourth-order valence-corrected chi connectivity index (χ4v) is 3.27. The van der Waals surface area contributed by atoms with Crippen LogP contribution in [0.15, 0.2) is 48.6 Å². The molecule has 1 heterocycles. The molecule has 1 aliphatic heterocycles. The number of benzene rings is 1. The summed E-state index contributed by atoms with van der Waals surface area (Å²) in [6.07, 6.45) is 6.47. The number of carbonyl (C=O) groups is 1. The lowest BCUT2D eigenvalue weighted by Crippen LogP contribution is -2.18. The van der Waals surface area contributed by atoms with Gasteiger partial charge < -0.3 is 14.9 Å². The summed E-state index contributed by atoms with van der Waals surface area (Å²) in [6, 6.07) is 9.73. The average molecular weight is 300 g/mol. The van der Waals surface area contributed by atoms with Gasteiger partial charge in [0.05, 0.1) is 18.6 Å². The van der Waals surface area contributed by atoms with E-state index in [1.54, 1.807) is 12.2 Å². The molecule has 0 spiro atoms. The molecule has 0 radical (unpaired) electrons. The van der Waals surface area contributed by atoms with Gasteiger partial charge in [0.1, 0.15) is 6.10 Å². The normalized spacial score (nSPS) is 32.5. The van der Waals surface area contributed by atoms with Gasteiger partial charge in [-0.3, -0.25) is 4.79 Å². The van der Waals surface area contributed by atoms with E-state index in [-0.39, 0.29) is 23.9 Å². The van der Waals surface area contributed by atoms with Gasteiger partial charge in [-0.1, -0.05) is 54.6 Å². The van der Waals surface area contributed by atoms with E-state index >= 15 is 0 Å². The third kappa shape index (κ3) is 3.29. The highest BCUT2D eigenvalue weighted by Gasteiger charge is 2.48. The van der Waals surface area contributed by atoms with Gasteiger partial charge in [-0.25, -0.2) is 0 Å². The molecule has 5 atom stereocenters. The van der Waals surface area contributed by atoms with Crippen molar-refractivity contribution in [2.24, 2.45) is 11.8 Å². The van der Waals surface area contributed by atoms with Crippen molar-refractivity contribution in [3.05, 3.63) is 54.1 Å². The quantitative estimate of drug-likeness (QED) is 0.658. The maximum absolute atomic E-state index is 11.3. The number of carbonyl (C=O) groups excluding carboxylic acids is 1. The Balaban J connectivity index is 1.61. The molecule has 0 amide bonds. The highest BCUT2D eigenvalue weighted by atomic mass is 16.6. The third-order valence-corrected chi connectivity index (χ3v) is 4.39. The summed E-state index contributed by atoms with van der Waals surface area (Å²) in [5, 5.41) is 20.1. The first-order valence-corrected chi connectivity index (χ1v) is 7.60. The van der Waals surface area contributed by atoms with Crippen molar-refractivity contribution >= 4 is 12.0 Å². The van der Waals surface area contributed by atoms with E-state index in [9.17, 15) is 15.0 Å². The average Bonchev–Trinajstić information content (AvgIpc) is 2.99. The lowest BCUT2D eigenvalue weighted by Gasteiger charge is -2.14. The van der Waals surface area contributed by atoms with Crippen LogP contribution < -0.4 is 0 Å². The highest BCUT2D eigenvalue weighted by molar-refractivity contribution is 5.72. The van der Waals surface area contributed by atoms with Crippen LogP contribution in [0.3, 0.4) is 0 Å². The summed E-state index contributed by atoms with van der Waals surface area (Å²) in [7, 11) is 0. The molecule has 4 heteroatoms. The first-order valence-electron chi connectivity index (χ1n) is 7.60. The van der Waals surface area contributed by atoms with Crippen LogP contribution in [-0.2, 0) is 9.53 Å². The first-order chi connectivity index (χ1) is 10.6. The molecule has 116 valence electrons. The molecule has 2 aliphatic rings. The van der Waals surface area contributed by atoms with Crippen molar-refractivity contribution < 1.29 is 19.7 Å². The molecule has 22 heavy (non-hydrogen) atoms. The van der Waals surface area contributed by atoms with Gasteiger partial charge in [0.2, 0.25) is 0 Å². The van der Waals surface area contributed by atoms with Crippen LogP contribution in [0.5, 0.6) is 0 Å². The molecule has 0 bridgehead atoms. The van der Waals surface area contributed by atoms with E-state index in [0.717, 1.165) is 5.56 Å². The lowest BCUT2D eigenvalue weighted by molar-refractivity contribution is -0.141. The van der Waals surface area contributed by atoms with E-state index < -0.39 is 12.2 Å². The van der Waals surface area contributed by atoms with E-state index in [1.807, 2.05) is 42.5 Å². The van der Waals surface area contributed by atoms with Crippen LogP contribution >= 0.6 is 0 Å². The van der Waals surface area contributed by atoms with Crippen molar-refractivity contribution in [2.75, 3.05) is 0 Å². The topological polar surface area (TPSA) is 66.8 Å². The van der Waals surface area contributed by atoms with Crippen LogP contribution in [0.1, 0.15) is 18.4 Å². The van der Waals surface area contributed by atoms with E-state index in [4.69, 9.17) is 4.74 Å². The second kappa shape index (κ2) is 6.46. The number of aliphatic hydroxyl groups excluding tert-OH is 2. The standard InChI is InChI=1S/C18H20O4/c19-13(7-6-12-4-2-1-3-5-12)8-9-14-15-10-18(21)22-17(15)11-16(14)20/h1-9,13-17,19-20H,10-11H2/t13-,14+,15+,16+,17-/m0/s1. The molecule has 1 aromatic rings. The molecule has 2 fully saturated rings. The minimum atomic E-state index is -0.718. The number of fused-ring (bicyclic) bond motifs is 1. The monoisotopic (exact) mass is 300 g/mol. The molecule has 1 aromatic carbocycles. The summed E-state index contributed by atoms with van der Waals surface area (Å²) < 4.78 is 5.19. The Bertz CT molecular complexity index is 578. The lowest BCUT2D eigenvalue weighted by atomic mass is 9.91. The smallest absolute Gasteiger partial charge is 0.306 e. The maximum Gasteiger partial charge on any atom is 0.306 e. The Labute approximate surface area is 129 Å². The van der Waals surface area contributed by atoms with Gasteiger partial charge in [0, 0.05) is 18.3 Å². The van der Waals surface area contributed by atoms with Gasteiger partial charge in [-0.2, -0.15) is 0 Å². The Kier molecular flexibility index (Phi) is 4.41. The number of aliphatic hydroxyl groups is 2. The van der Waals surface area contributed by atoms with Gasteiger partial charge >= 0.3 is 5.97 Å². The Morgan fingerprint density at radius 3 is 2.77 bits per heavy atom. The molecule has 0 unspecified atom stereocenters. The van der Waals surface area contributed by atoms with Crippen molar-refractivity contribution in [1.82, 2.24) is 0 Å². The van der Waals surface area contributed by atoms with E-state index in [2.05, 4.69) is 0 Å². The van der Waals surface area contributed by atoms with Crippen LogP contribution in [0.2, 0.25) is 0 Å². The van der Waals surface area contributed by atoms with Crippen LogP contribution in [-0.4, -0.2) is 34.5 Å². The van der Waals surface area contributed by atoms with Crippen molar-refractivity contribution in [3.8, 4) is 0 Å². The molecule has 4 nitrogen and oxygen atoms in total. The van der Waals surface area contributed by atoms with Crippen LogP contribution in [0.4, 0.5) is 0 Å². The van der Waals surface area contributed by atoms with Gasteiger partial charge in [0.15, 0.2) is 0 Å². The zero-order valence-electron chi connectivity index (χ0n) is 12.2. The van der Waals surface area contributed by atoms with Crippen LogP contribution in [0, 0.1) is 11.8 Å². The second-order valence-corrected chi connectivity index (χ2v) is 5.92. The fraction of sp³-hybridized carbons (Fsp3) is 0.389. The van der Waals surface area contributed by atoms with Gasteiger partial charge in [-0.05, 0) is 5.56 Å². The maximum atomic E-state index is 11.3. The zero-order valence-corrected chi connectivity index (χ0v) is 12.2. The Morgan fingerprint density at radius 2 is 2.00 bits per heavy atom. The van der Waals surface area contributed by atoms with Crippen molar-refractivity contribution in [2.45, 2.75) is 31.2 Å². The van der Waals surface area contributed by atoms with Gasteiger partial charge in [0.25, 0.3) is 0 Å². The fourth-order valence-electron chi connectivity index (χ4n) is 3.27. The number of esters is 1. The summed E-state index contributed by atoms with van der Waals surface area (Å²) in [6.45, 7) is 0. The molecule has 1 saturated carbocycles. The highest BCUT2D eigenvalue weighted by Crippen LogP contribution is 2.42. The van der Waals surface area contributed by atoms with E-state index in [0.29, 0.717) is 12.8 Å². The number of hydrogen-bond acceptors (Lipinski definition) is 4. The first kappa shape index (κ1) is 15.0. The molecule has 1 aliphatic carbocycles. The third-order valence-electron chi connectivity index (χ3n) is 4.39. The minimum absolute atomic E-state index is 0.0315. The van der Waals surface area contributed by atoms with Crippen molar-refractivity contribution in [3.63, 3.8) is 0 Å². The Morgan fingerprint density at radius 1 is 1.23 bits per heavy atom. The molecule has 0 aromatic heterocycles. The molecule has 1 saturated heterocycles. The summed E-state index contributed by atoms with van der Waals surface area (Å²) in [5.74, 6) is -0.287. The summed E-state index contributed by atoms with van der Waals surface area (Å²) >= 11 is 0. The zero-order chi connectivity index (χ0) is 15.5. The predicted octanol–water partition coefficient (Wildman–Crippen LogP) is 1.93. The minimum Gasteiger partial charge on any atom is -0.462 e. The Hall–Kier alpha value is -1.91. The molecular formula is C18H20O4. The van der Waals surface area contributed by atoms with Crippen LogP contribution in [0.25, 0.3) is 6.08 Å². The number of ether oxygens (including phenoxy) is 1. The summed E-state index contributed by atoms with van der Waals surface area (Å²) in [5.41, 5.74) is 1.02.